The van der Waals surface area contributed by atoms with Gasteiger partial charge in [0.15, 0.2) is 5.69 Å². The maximum absolute atomic E-state index is 13.8. The molecule has 0 unspecified atom stereocenters. The lowest BCUT2D eigenvalue weighted by atomic mass is 10.00. The lowest BCUT2D eigenvalue weighted by Gasteiger charge is -2.30. The molecule has 1 aromatic heterocycles. The summed E-state index contributed by atoms with van der Waals surface area (Å²) in [4.78, 5) is 81.8. The molecule has 2 aliphatic heterocycles. The number of amides is 6. The molecule has 6 N–H and O–H groups in total. The van der Waals surface area contributed by atoms with Crippen molar-refractivity contribution in [2.45, 2.75) is 96.1 Å². The summed E-state index contributed by atoms with van der Waals surface area (Å²) in [5, 5.41) is 27.6. The maximum atomic E-state index is 13.8. The number of fused-ring (bicyclic) bond motifs is 1. The minimum absolute atomic E-state index is 0.00222. The molecule has 4 rings (SSSR count). The monoisotopic (exact) mass is 667 g/mol. The largest absolute Gasteiger partial charge is 0.394 e. The molecule has 6 amide bonds. The van der Waals surface area contributed by atoms with Gasteiger partial charge in [0.25, 0.3) is 5.91 Å². The summed E-state index contributed by atoms with van der Waals surface area (Å²) in [6.07, 6.45) is 0.00660. The van der Waals surface area contributed by atoms with Gasteiger partial charge in [-0.05, 0) is 31.2 Å². The van der Waals surface area contributed by atoms with Gasteiger partial charge >= 0.3 is 0 Å². The molecule has 2 aliphatic rings. The minimum atomic E-state index is -1.45. The third kappa shape index (κ3) is 8.97. The molecule has 0 saturated carbocycles. The first-order valence-corrected chi connectivity index (χ1v) is 16.2. The first kappa shape index (κ1) is 36.1. The fourth-order valence-corrected chi connectivity index (χ4v) is 5.77. The second-order valence-corrected chi connectivity index (χ2v) is 13.1. The summed E-state index contributed by atoms with van der Waals surface area (Å²) in [7, 11) is 0. The van der Waals surface area contributed by atoms with Gasteiger partial charge in [0.05, 0.1) is 19.1 Å². The van der Waals surface area contributed by atoms with Gasteiger partial charge < -0.3 is 41.1 Å². The second-order valence-electron chi connectivity index (χ2n) is 13.1. The van der Waals surface area contributed by atoms with Crippen molar-refractivity contribution in [1.82, 2.24) is 36.6 Å². The molecule has 2 saturated heterocycles. The number of carbonyl (C=O) groups excluding carboxylic acids is 6. The smallest absolute Gasteiger partial charge is 0.273 e. The van der Waals surface area contributed by atoms with Crippen LogP contribution in [0.3, 0.4) is 0 Å². The Kier molecular flexibility index (Phi) is 11.9. The number of benzene rings is 1. The normalized spacial score (nSPS) is 26.1. The number of hydrogen-bond donors (Lipinski definition) is 6. The van der Waals surface area contributed by atoms with Crippen molar-refractivity contribution in [3.05, 3.63) is 53.4 Å². The minimum Gasteiger partial charge on any atom is -0.394 e. The molecule has 15 nitrogen and oxygen atoms in total. The van der Waals surface area contributed by atoms with E-state index in [0.717, 1.165) is 0 Å². The Labute approximate surface area is 278 Å². The van der Waals surface area contributed by atoms with Crippen molar-refractivity contribution in [3.63, 3.8) is 0 Å². The summed E-state index contributed by atoms with van der Waals surface area (Å²) in [5.74, 6) is -3.32. The van der Waals surface area contributed by atoms with Crippen molar-refractivity contribution < 1.29 is 38.4 Å². The van der Waals surface area contributed by atoms with Gasteiger partial charge in [0.1, 0.15) is 29.9 Å². The fraction of sp³-hybridized carbons (Fsp3) is 0.545. The average molecular weight is 668 g/mol. The molecule has 260 valence electrons. The zero-order valence-electron chi connectivity index (χ0n) is 27.8. The van der Waals surface area contributed by atoms with E-state index < -0.39 is 78.3 Å². The molecular weight excluding hydrogens is 622 g/mol. The first-order chi connectivity index (χ1) is 22.8. The van der Waals surface area contributed by atoms with Crippen molar-refractivity contribution in [2.75, 3.05) is 13.2 Å². The third-order valence-electron chi connectivity index (χ3n) is 8.37. The van der Waals surface area contributed by atoms with E-state index in [0.29, 0.717) is 11.3 Å². The number of nitrogens with one attached hydrogen (secondary N) is 5. The van der Waals surface area contributed by atoms with Crippen LogP contribution in [0.1, 0.15) is 87.7 Å². The zero-order valence-corrected chi connectivity index (χ0v) is 27.8. The highest BCUT2D eigenvalue weighted by atomic mass is 16.5. The van der Waals surface area contributed by atoms with Crippen LogP contribution in [0.5, 0.6) is 0 Å². The summed E-state index contributed by atoms with van der Waals surface area (Å²) in [5.41, 5.74) is 0.677. The van der Waals surface area contributed by atoms with Crippen LogP contribution in [-0.2, 0) is 24.0 Å². The Hall–Kier alpha value is -4.79. The summed E-state index contributed by atoms with van der Waals surface area (Å²) < 4.78 is 5.23. The van der Waals surface area contributed by atoms with Gasteiger partial charge in [0.2, 0.25) is 29.5 Å². The Bertz CT molecular complexity index is 1490. The number of hydrogen-bond acceptors (Lipinski definition) is 9. The molecule has 0 bridgehead atoms. The topological polar surface area (TPSA) is 212 Å². The highest BCUT2D eigenvalue weighted by Crippen LogP contribution is 2.22. The fourth-order valence-electron chi connectivity index (χ4n) is 5.77. The van der Waals surface area contributed by atoms with Gasteiger partial charge in [-0.2, -0.15) is 0 Å². The van der Waals surface area contributed by atoms with E-state index >= 15 is 0 Å². The molecule has 48 heavy (non-hydrogen) atoms. The summed E-state index contributed by atoms with van der Waals surface area (Å²) in [6.45, 7) is 8.06. The van der Waals surface area contributed by atoms with Crippen LogP contribution in [-0.4, -0.2) is 94.0 Å². The molecular formula is C33H45N7O8. The van der Waals surface area contributed by atoms with Crippen LogP contribution >= 0.6 is 0 Å². The molecule has 0 aliphatic carbocycles. The Morgan fingerprint density at radius 1 is 0.979 bits per heavy atom. The van der Waals surface area contributed by atoms with Gasteiger partial charge in [0, 0.05) is 24.6 Å². The van der Waals surface area contributed by atoms with E-state index in [1.807, 2.05) is 27.7 Å². The second kappa shape index (κ2) is 15.9. The van der Waals surface area contributed by atoms with Crippen molar-refractivity contribution >= 4 is 35.4 Å². The maximum Gasteiger partial charge on any atom is 0.273 e. The molecule has 15 heteroatoms. The van der Waals surface area contributed by atoms with Gasteiger partial charge in [-0.3, -0.25) is 28.8 Å². The average Bonchev–Trinajstić information content (AvgIpc) is 3.71. The van der Waals surface area contributed by atoms with Gasteiger partial charge in [-0.1, -0.05) is 63.2 Å². The SMILES string of the molecule is CC(C)C[C@@H]1NC(=O)C[C@H](c2ccccc2)NC(=O)[C@H](C)NC(=O)[C@@H]2C[C@H](NC(=O)c3cc(C(C)C)on3)CN2C(=O)[C@@H](CO)NC1=O. The lowest BCUT2D eigenvalue weighted by molar-refractivity contribution is -0.143. The molecule has 2 aromatic rings. The Morgan fingerprint density at radius 2 is 1.69 bits per heavy atom. The quantitative estimate of drug-likeness (QED) is 0.239. The van der Waals surface area contributed by atoms with E-state index in [2.05, 4.69) is 31.7 Å². The Balaban J connectivity index is 1.64. The third-order valence-corrected chi connectivity index (χ3v) is 8.37. The van der Waals surface area contributed by atoms with E-state index in [4.69, 9.17) is 4.52 Å². The van der Waals surface area contributed by atoms with Crippen LogP contribution in [0.25, 0.3) is 0 Å². The molecule has 1 aromatic carbocycles. The molecule has 6 atom stereocenters. The number of aliphatic hydroxyl groups is 1. The van der Waals surface area contributed by atoms with E-state index in [1.54, 1.807) is 30.3 Å². The molecule has 0 radical (unpaired) electrons. The van der Waals surface area contributed by atoms with E-state index in [1.165, 1.54) is 17.9 Å². The first-order valence-electron chi connectivity index (χ1n) is 16.2. The van der Waals surface area contributed by atoms with Crippen LogP contribution in [0.4, 0.5) is 0 Å². The number of rotatable bonds is 7. The lowest BCUT2D eigenvalue weighted by Crippen LogP contribution is -2.59. The van der Waals surface area contributed by atoms with Gasteiger partial charge in [-0.25, -0.2) is 0 Å². The zero-order chi connectivity index (χ0) is 35.1. The Morgan fingerprint density at radius 3 is 2.31 bits per heavy atom. The molecule has 0 spiro atoms. The molecule has 2 fully saturated rings. The van der Waals surface area contributed by atoms with Gasteiger partial charge in [-0.15, -0.1) is 0 Å². The van der Waals surface area contributed by atoms with E-state index in [9.17, 15) is 33.9 Å². The van der Waals surface area contributed by atoms with Crippen molar-refractivity contribution in [2.24, 2.45) is 5.92 Å². The van der Waals surface area contributed by atoms with Crippen molar-refractivity contribution in [1.29, 1.82) is 0 Å². The predicted molar refractivity (Wildman–Crippen MR) is 172 cm³/mol. The highest BCUT2D eigenvalue weighted by molar-refractivity contribution is 5.97. The standard InChI is InChI=1S/C33H45N7O8/c1-17(2)11-23-30(44)38-25(16-41)33(47)40-15-21(35-31(45)24-13-27(18(3)4)48-39-24)12-26(40)32(46)34-19(5)29(43)37-22(14-28(42)36-23)20-9-7-6-8-10-20/h6-10,13,17-19,21-23,25-26,41H,11-12,14-16H2,1-5H3,(H,34,46)(H,35,45)(H,36,42)(H,37,43)(H,38,44)/t19-,21-,22+,23-,25+,26-/m0/s1. The summed E-state index contributed by atoms with van der Waals surface area (Å²) in [6, 6.07) is 4.11. The van der Waals surface area contributed by atoms with Crippen LogP contribution in [0.2, 0.25) is 0 Å². The summed E-state index contributed by atoms with van der Waals surface area (Å²) >= 11 is 0. The van der Waals surface area contributed by atoms with E-state index in [-0.39, 0.29) is 43.3 Å². The highest BCUT2D eigenvalue weighted by Gasteiger charge is 2.44. The number of carbonyl (C=O) groups is 6. The predicted octanol–water partition coefficient (Wildman–Crippen LogP) is 0.271. The number of aromatic nitrogens is 1. The van der Waals surface area contributed by atoms with Crippen molar-refractivity contribution in [3.8, 4) is 0 Å². The number of aliphatic hydroxyl groups excluding tert-OH is 1. The van der Waals surface area contributed by atoms with Crippen LogP contribution in [0, 0.1) is 5.92 Å². The van der Waals surface area contributed by atoms with Crippen LogP contribution < -0.4 is 26.6 Å². The molecule has 3 heterocycles. The number of nitrogens with zero attached hydrogens (tertiary/aromatic N) is 2. The van der Waals surface area contributed by atoms with Crippen LogP contribution in [0.15, 0.2) is 40.9 Å².